The molecule has 4 fully saturated rings. The van der Waals surface area contributed by atoms with E-state index in [1.54, 1.807) is 36.4 Å². The highest BCUT2D eigenvalue weighted by Gasteiger charge is 2.68. The maximum atomic E-state index is 14.2. The van der Waals surface area contributed by atoms with Crippen molar-refractivity contribution in [3.8, 4) is 22.6 Å². The van der Waals surface area contributed by atoms with Gasteiger partial charge >= 0.3 is 7.12 Å². The number of amides is 3. The van der Waals surface area contributed by atoms with Crippen LogP contribution in [0, 0.1) is 23.2 Å². The summed E-state index contributed by atoms with van der Waals surface area (Å²) < 4.78 is 19.3. The van der Waals surface area contributed by atoms with Gasteiger partial charge in [0.05, 0.1) is 17.6 Å². The molecule has 3 saturated carbocycles. The smallest absolute Gasteiger partial charge is 0.457 e. The van der Waals surface area contributed by atoms with Crippen LogP contribution >= 0.6 is 0 Å². The van der Waals surface area contributed by atoms with Crippen LogP contribution in [0.25, 0.3) is 11.1 Å². The first-order chi connectivity index (χ1) is 25.9. The van der Waals surface area contributed by atoms with Crippen molar-refractivity contribution < 1.29 is 28.4 Å². The molecular formula is C44H50BN3O6. The summed E-state index contributed by atoms with van der Waals surface area (Å²) in [6, 6.07) is 32.2. The molecule has 4 aromatic carbocycles. The van der Waals surface area contributed by atoms with E-state index >= 15 is 0 Å². The predicted octanol–water partition coefficient (Wildman–Crippen LogP) is 7.47. The van der Waals surface area contributed by atoms with Crippen LogP contribution in [0.5, 0.6) is 11.5 Å². The second-order valence-corrected chi connectivity index (χ2v) is 16.2. The third-order valence-corrected chi connectivity index (χ3v) is 11.8. The number of hydrogen-bond acceptors (Lipinski definition) is 6. The van der Waals surface area contributed by atoms with Crippen LogP contribution in [0.3, 0.4) is 0 Å². The summed E-state index contributed by atoms with van der Waals surface area (Å²) >= 11 is 0. The fourth-order valence-corrected chi connectivity index (χ4v) is 8.59. The summed E-state index contributed by atoms with van der Waals surface area (Å²) in [5, 5.41) is 8.94. The Morgan fingerprint density at radius 1 is 0.759 bits per heavy atom. The van der Waals surface area contributed by atoms with Crippen LogP contribution in [0.4, 0.5) is 0 Å². The Morgan fingerprint density at radius 3 is 2.00 bits per heavy atom. The van der Waals surface area contributed by atoms with Gasteiger partial charge in [-0.2, -0.15) is 0 Å². The summed E-state index contributed by atoms with van der Waals surface area (Å²) in [6.45, 7) is 10.9. The topological polar surface area (TPSA) is 115 Å². The van der Waals surface area contributed by atoms with Gasteiger partial charge in [-0.3, -0.25) is 14.4 Å². The van der Waals surface area contributed by atoms with E-state index in [1.165, 1.54) is 0 Å². The highest BCUT2D eigenvalue weighted by Crippen LogP contribution is 2.65. The van der Waals surface area contributed by atoms with Gasteiger partial charge in [-0.05, 0) is 109 Å². The van der Waals surface area contributed by atoms with Crippen molar-refractivity contribution in [3.05, 3.63) is 120 Å². The van der Waals surface area contributed by atoms with E-state index < -0.39 is 36.5 Å². The molecule has 9 nitrogen and oxygen atoms in total. The third-order valence-electron chi connectivity index (χ3n) is 11.8. The van der Waals surface area contributed by atoms with Gasteiger partial charge in [-0.15, -0.1) is 0 Å². The monoisotopic (exact) mass is 727 g/mol. The highest BCUT2D eigenvalue weighted by molar-refractivity contribution is 6.48. The SMILES string of the molecule is CC(C)C[C@H](NC(=O)[C@H](CNC(=O)c1ccc(-c2ccccc2)cc1)NC(=O)c1ccc(Oc2ccccc2)cc1)B1O[C@@H]2C[C@H]3C[C@H](C3(C)C)[C@]2(C)O1. The minimum Gasteiger partial charge on any atom is -0.457 e. The quantitative estimate of drug-likeness (QED) is 0.123. The Balaban J connectivity index is 1.07. The molecule has 54 heavy (non-hydrogen) atoms. The molecule has 4 aliphatic rings. The summed E-state index contributed by atoms with van der Waals surface area (Å²) in [5.74, 6) is 0.732. The molecule has 6 atom stereocenters. The van der Waals surface area contributed by atoms with E-state index in [2.05, 4.69) is 50.6 Å². The molecule has 10 heteroatoms. The number of rotatable bonds is 13. The Bertz CT molecular complexity index is 1940. The molecule has 1 aliphatic heterocycles. The van der Waals surface area contributed by atoms with Crippen molar-refractivity contribution in [3.63, 3.8) is 0 Å². The number of carbonyl (C=O) groups excluding carboxylic acids is 3. The first kappa shape index (κ1) is 37.4. The van der Waals surface area contributed by atoms with Crippen molar-refractivity contribution in [2.24, 2.45) is 23.2 Å². The predicted molar refractivity (Wildman–Crippen MR) is 210 cm³/mol. The number of carbonyl (C=O) groups is 3. The summed E-state index contributed by atoms with van der Waals surface area (Å²) in [5.41, 5.74) is 2.56. The van der Waals surface area contributed by atoms with Gasteiger partial charge in [0.15, 0.2) is 0 Å². The normalized spacial score (nSPS) is 23.4. The van der Waals surface area contributed by atoms with E-state index in [4.69, 9.17) is 14.0 Å². The molecule has 0 spiro atoms. The zero-order chi connectivity index (χ0) is 38.0. The third kappa shape index (κ3) is 7.82. The largest absolute Gasteiger partial charge is 0.481 e. The summed E-state index contributed by atoms with van der Waals surface area (Å²) in [4.78, 5) is 41.3. The van der Waals surface area contributed by atoms with E-state index in [9.17, 15) is 14.4 Å². The lowest BCUT2D eigenvalue weighted by molar-refractivity contribution is -0.199. The zero-order valence-corrected chi connectivity index (χ0v) is 31.7. The lowest BCUT2D eigenvalue weighted by atomic mass is 9.43. The van der Waals surface area contributed by atoms with Gasteiger partial charge in [-0.25, -0.2) is 0 Å². The van der Waals surface area contributed by atoms with Gasteiger partial charge in [0.1, 0.15) is 17.5 Å². The minimum atomic E-state index is -1.09. The van der Waals surface area contributed by atoms with Gasteiger partial charge in [0.2, 0.25) is 5.91 Å². The molecule has 3 amide bonds. The average molecular weight is 728 g/mol. The van der Waals surface area contributed by atoms with Crippen molar-refractivity contribution in [1.29, 1.82) is 0 Å². The number of nitrogens with one attached hydrogen (secondary N) is 3. The second-order valence-electron chi connectivity index (χ2n) is 16.2. The van der Waals surface area contributed by atoms with Gasteiger partial charge in [0, 0.05) is 17.7 Å². The van der Waals surface area contributed by atoms with Gasteiger partial charge < -0.3 is 30.0 Å². The molecule has 1 saturated heterocycles. The Labute approximate surface area is 318 Å². The molecular weight excluding hydrogens is 677 g/mol. The van der Waals surface area contributed by atoms with Crippen molar-refractivity contribution >= 4 is 24.8 Å². The fourth-order valence-electron chi connectivity index (χ4n) is 8.59. The molecule has 0 aromatic heterocycles. The Hall–Kier alpha value is -4.93. The first-order valence-corrected chi connectivity index (χ1v) is 19.1. The number of ether oxygens (including phenoxy) is 1. The van der Waals surface area contributed by atoms with Crippen LogP contribution in [-0.4, -0.2) is 55.1 Å². The average Bonchev–Trinajstić information content (AvgIpc) is 3.54. The summed E-state index contributed by atoms with van der Waals surface area (Å²) in [6.07, 6.45) is 2.63. The van der Waals surface area contributed by atoms with Crippen LogP contribution < -0.4 is 20.7 Å². The zero-order valence-electron chi connectivity index (χ0n) is 31.7. The first-order valence-electron chi connectivity index (χ1n) is 19.1. The van der Waals surface area contributed by atoms with E-state index in [1.807, 2.05) is 72.8 Å². The van der Waals surface area contributed by atoms with E-state index in [0.29, 0.717) is 40.9 Å². The lowest BCUT2D eigenvalue weighted by Crippen LogP contribution is -2.65. The molecule has 280 valence electrons. The van der Waals surface area contributed by atoms with Crippen LogP contribution in [0.1, 0.15) is 74.6 Å². The molecule has 3 N–H and O–H groups in total. The second kappa shape index (κ2) is 15.4. The van der Waals surface area contributed by atoms with Crippen LogP contribution in [-0.2, 0) is 14.1 Å². The number of para-hydroxylation sites is 1. The maximum Gasteiger partial charge on any atom is 0.481 e. The van der Waals surface area contributed by atoms with Crippen molar-refractivity contribution in [2.75, 3.05) is 6.54 Å². The van der Waals surface area contributed by atoms with Crippen molar-refractivity contribution in [1.82, 2.24) is 16.0 Å². The molecule has 0 radical (unpaired) electrons. The molecule has 3 aliphatic carbocycles. The maximum absolute atomic E-state index is 14.2. The van der Waals surface area contributed by atoms with E-state index in [-0.39, 0.29) is 29.9 Å². The van der Waals surface area contributed by atoms with E-state index in [0.717, 1.165) is 24.0 Å². The van der Waals surface area contributed by atoms with Gasteiger partial charge in [-0.1, -0.05) is 88.4 Å². The van der Waals surface area contributed by atoms with Crippen molar-refractivity contribution in [2.45, 2.75) is 77.6 Å². The Kier molecular flexibility index (Phi) is 10.7. The fraction of sp³-hybridized carbons (Fsp3) is 0.386. The Morgan fingerprint density at radius 2 is 1.35 bits per heavy atom. The minimum absolute atomic E-state index is 0.0391. The molecule has 1 heterocycles. The standard InChI is InChI=1S/C44H50BN3O6/c1-28(2)24-39(45-53-38-26-33-25-37(43(33,3)4)44(38,5)54-45)48-42(51)36(27-46-40(49)31-18-16-30(17-19-31)29-12-8-6-9-13-29)47-41(50)32-20-22-35(23-21-32)52-34-14-10-7-11-15-34/h6-23,28,33,36-39H,24-27H2,1-5H3,(H,46,49)(H,47,50)(H,48,51)/t33-,36+,37-,38-,39+,44+/m1/s1. The molecule has 4 aromatic rings. The lowest BCUT2D eigenvalue weighted by Gasteiger charge is -2.64. The summed E-state index contributed by atoms with van der Waals surface area (Å²) in [7, 11) is -0.632. The van der Waals surface area contributed by atoms with Crippen LogP contribution in [0.2, 0.25) is 0 Å². The molecule has 8 rings (SSSR count). The highest BCUT2D eigenvalue weighted by atomic mass is 16.7. The van der Waals surface area contributed by atoms with Crippen LogP contribution in [0.15, 0.2) is 109 Å². The number of benzene rings is 4. The number of hydrogen-bond donors (Lipinski definition) is 3. The van der Waals surface area contributed by atoms with Gasteiger partial charge in [0.25, 0.3) is 11.8 Å². The molecule has 0 unspecified atom stereocenters. The molecule has 2 bridgehead atoms.